The molecule has 0 bridgehead atoms. The Hall–Kier alpha value is -2.17. The summed E-state index contributed by atoms with van der Waals surface area (Å²) in [6.45, 7) is 2.42. The van der Waals surface area contributed by atoms with Gasteiger partial charge in [-0.05, 0) is 43.4 Å². The molecule has 4 rings (SSSR count). The molecule has 0 saturated heterocycles. The summed E-state index contributed by atoms with van der Waals surface area (Å²) in [5.74, 6) is 2.12. The summed E-state index contributed by atoms with van der Waals surface area (Å²) in [6.07, 6.45) is 5.06. The monoisotopic (exact) mass is 315 g/mol. The standard InChI is InChI=1S/C18H21NO4/c1-3-19(18(20)21)12-9-10-7-8-14(22-2)17-15(10)16-11(12)5-4-6-13(16)23-17/h4,6-8,11-13,16H,3,5,9H2,1-2H3,(H,20,21)/t11-,12+,13-,16?/m0/s1. The smallest absolute Gasteiger partial charge is 0.407 e. The van der Waals surface area contributed by atoms with Crippen molar-refractivity contribution in [3.63, 3.8) is 0 Å². The van der Waals surface area contributed by atoms with Crippen LogP contribution < -0.4 is 9.47 Å². The topological polar surface area (TPSA) is 59.0 Å². The summed E-state index contributed by atoms with van der Waals surface area (Å²) >= 11 is 0. The third kappa shape index (κ3) is 1.95. The van der Waals surface area contributed by atoms with Crippen LogP contribution in [0.5, 0.6) is 11.5 Å². The van der Waals surface area contributed by atoms with Crippen LogP contribution in [0.3, 0.4) is 0 Å². The van der Waals surface area contributed by atoms with Crippen molar-refractivity contribution in [3.8, 4) is 11.5 Å². The maximum absolute atomic E-state index is 11.7. The first-order chi connectivity index (χ1) is 11.2. The zero-order valence-electron chi connectivity index (χ0n) is 13.4. The highest BCUT2D eigenvalue weighted by molar-refractivity contribution is 5.66. The lowest BCUT2D eigenvalue weighted by Gasteiger charge is -2.43. The number of rotatable bonds is 3. The minimum absolute atomic E-state index is 0.00500. The van der Waals surface area contributed by atoms with Gasteiger partial charge in [0, 0.05) is 24.1 Å². The van der Waals surface area contributed by atoms with Gasteiger partial charge in [-0.3, -0.25) is 0 Å². The number of carbonyl (C=O) groups is 1. The molecular formula is C18H21NO4. The minimum Gasteiger partial charge on any atom is -0.493 e. The number of carboxylic acid groups (broad SMARTS) is 1. The average molecular weight is 315 g/mol. The molecule has 0 spiro atoms. The van der Waals surface area contributed by atoms with Crippen molar-refractivity contribution >= 4 is 6.09 Å². The van der Waals surface area contributed by atoms with Gasteiger partial charge in [0.2, 0.25) is 0 Å². The van der Waals surface area contributed by atoms with Gasteiger partial charge in [0.25, 0.3) is 0 Å². The molecule has 0 saturated carbocycles. The Kier molecular flexibility index (Phi) is 3.25. The van der Waals surface area contributed by atoms with Crippen molar-refractivity contribution < 1.29 is 19.4 Å². The predicted octanol–water partition coefficient (Wildman–Crippen LogP) is 3.04. The molecule has 1 aliphatic heterocycles. The van der Waals surface area contributed by atoms with E-state index < -0.39 is 6.09 Å². The molecule has 5 heteroatoms. The molecule has 5 nitrogen and oxygen atoms in total. The lowest BCUT2D eigenvalue weighted by molar-refractivity contribution is 0.0826. The second-order valence-electron chi connectivity index (χ2n) is 6.45. The van der Waals surface area contributed by atoms with E-state index in [1.54, 1.807) is 12.0 Å². The number of methoxy groups -OCH3 is 1. The van der Waals surface area contributed by atoms with E-state index in [0.29, 0.717) is 6.54 Å². The molecule has 122 valence electrons. The molecular weight excluding hydrogens is 294 g/mol. The summed E-state index contributed by atoms with van der Waals surface area (Å²) in [6, 6.07) is 4.01. The highest BCUT2D eigenvalue weighted by atomic mass is 16.5. The van der Waals surface area contributed by atoms with Crippen LogP contribution in [0.4, 0.5) is 4.79 Å². The van der Waals surface area contributed by atoms with E-state index >= 15 is 0 Å². The molecule has 4 atom stereocenters. The van der Waals surface area contributed by atoms with Crippen molar-refractivity contribution in [2.24, 2.45) is 5.92 Å². The molecule has 0 radical (unpaired) electrons. The Bertz CT molecular complexity index is 684. The third-order valence-electron chi connectivity index (χ3n) is 5.52. The van der Waals surface area contributed by atoms with Crippen molar-refractivity contribution in [2.45, 2.75) is 37.8 Å². The first-order valence-corrected chi connectivity index (χ1v) is 8.18. The van der Waals surface area contributed by atoms with Gasteiger partial charge in [-0.2, -0.15) is 0 Å². The number of nitrogens with zero attached hydrogens (tertiary/aromatic N) is 1. The Labute approximate surface area is 135 Å². The lowest BCUT2D eigenvalue weighted by atomic mass is 9.67. The molecule has 1 heterocycles. The van der Waals surface area contributed by atoms with Gasteiger partial charge in [-0.1, -0.05) is 12.1 Å². The predicted molar refractivity (Wildman–Crippen MR) is 85.3 cm³/mol. The quantitative estimate of drug-likeness (QED) is 0.871. The number of hydrogen-bond acceptors (Lipinski definition) is 3. The fraction of sp³-hybridized carbons (Fsp3) is 0.500. The molecule has 2 aliphatic carbocycles. The van der Waals surface area contributed by atoms with Crippen molar-refractivity contribution in [2.75, 3.05) is 13.7 Å². The summed E-state index contributed by atoms with van der Waals surface area (Å²) < 4.78 is 11.6. The van der Waals surface area contributed by atoms with Crippen LogP contribution in [0.25, 0.3) is 0 Å². The third-order valence-corrected chi connectivity index (χ3v) is 5.52. The fourth-order valence-electron chi connectivity index (χ4n) is 4.58. The highest BCUT2D eigenvalue weighted by Crippen LogP contribution is 2.55. The van der Waals surface area contributed by atoms with Crippen LogP contribution in [0, 0.1) is 5.92 Å². The number of ether oxygens (including phenoxy) is 2. The van der Waals surface area contributed by atoms with Crippen molar-refractivity contribution in [1.82, 2.24) is 4.90 Å². The van der Waals surface area contributed by atoms with Gasteiger partial charge >= 0.3 is 6.09 Å². The molecule has 1 unspecified atom stereocenters. The number of hydrogen-bond donors (Lipinski definition) is 1. The SMILES string of the molecule is CCN(C(=O)O)[C@@H]1Cc2ccc(OC)c3c2C2[C@H](C=CC[C@H]21)O3. The van der Waals surface area contributed by atoms with E-state index in [1.807, 2.05) is 13.0 Å². The average Bonchev–Trinajstić information content (AvgIpc) is 2.94. The van der Waals surface area contributed by atoms with E-state index in [2.05, 4.69) is 18.2 Å². The van der Waals surface area contributed by atoms with E-state index in [1.165, 1.54) is 11.1 Å². The summed E-state index contributed by atoms with van der Waals surface area (Å²) in [7, 11) is 1.66. The van der Waals surface area contributed by atoms with E-state index in [9.17, 15) is 9.90 Å². The molecule has 1 amide bonds. The van der Waals surface area contributed by atoms with Gasteiger partial charge in [0.1, 0.15) is 6.10 Å². The Morgan fingerprint density at radius 1 is 1.48 bits per heavy atom. The Morgan fingerprint density at radius 3 is 3.00 bits per heavy atom. The van der Waals surface area contributed by atoms with E-state index in [4.69, 9.17) is 9.47 Å². The minimum atomic E-state index is -0.834. The fourth-order valence-corrected chi connectivity index (χ4v) is 4.58. The first kappa shape index (κ1) is 14.4. The summed E-state index contributed by atoms with van der Waals surface area (Å²) in [5, 5.41) is 9.58. The molecule has 3 aliphatic rings. The zero-order chi connectivity index (χ0) is 16.1. The van der Waals surface area contributed by atoms with Gasteiger partial charge in [-0.15, -0.1) is 0 Å². The van der Waals surface area contributed by atoms with Gasteiger partial charge in [0.15, 0.2) is 11.5 Å². The van der Waals surface area contributed by atoms with Crippen LogP contribution in [0.15, 0.2) is 24.3 Å². The summed E-state index contributed by atoms with van der Waals surface area (Å²) in [5.41, 5.74) is 2.44. The van der Waals surface area contributed by atoms with Crippen LogP contribution in [-0.4, -0.2) is 41.9 Å². The second kappa shape index (κ2) is 5.18. The maximum Gasteiger partial charge on any atom is 0.407 e. The Balaban J connectivity index is 1.84. The number of allylic oxidation sites excluding steroid dienone is 1. The lowest BCUT2D eigenvalue weighted by Crippen LogP contribution is -2.50. The van der Waals surface area contributed by atoms with Crippen molar-refractivity contribution in [3.05, 3.63) is 35.4 Å². The molecule has 1 N–H and O–H groups in total. The molecule has 0 fully saturated rings. The van der Waals surface area contributed by atoms with E-state index in [-0.39, 0.29) is 24.0 Å². The van der Waals surface area contributed by atoms with Crippen LogP contribution in [-0.2, 0) is 6.42 Å². The molecule has 23 heavy (non-hydrogen) atoms. The summed E-state index contributed by atoms with van der Waals surface area (Å²) in [4.78, 5) is 13.3. The van der Waals surface area contributed by atoms with E-state index in [0.717, 1.165) is 24.3 Å². The van der Waals surface area contributed by atoms with Gasteiger partial charge < -0.3 is 19.5 Å². The second-order valence-corrected chi connectivity index (χ2v) is 6.45. The van der Waals surface area contributed by atoms with Gasteiger partial charge in [0.05, 0.1) is 7.11 Å². The van der Waals surface area contributed by atoms with Crippen LogP contribution in [0.2, 0.25) is 0 Å². The molecule has 0 aromatic heterocycles. The number of likely N-dealkylation sites (N-methyl/N-ethyl adjacent to an activating group) is 1. The highest BCUT2D eigenvalue weighted by Gasteiger charge is 2.50. The number of benzene rings is 1. The normalized spacial score (nSPS) is 29.7. The molecule has 1 aromatic carbocycles. The van der Waals surface area contributed by atoms with Gasteiger partial charge in [-0.25, -0.2) is 4.79 Å². The largest absolute Gasteiger partial charge is 0.493 e. The maximum atomic E-state index is 11.7. The number of amides is 1. The zero-order valence-corrected chi connectivity index (χ0v) is 13.4. The Morgan fingerprint density at radius 2 is 2.30 bits per heavy atom. The first-order valence-electron chi connectivity index (χ1n) is 8.18. The van der Waals surface area contributed by atoms with Crippen LogP contribution >= 0.6 is 0 Å². The van der Waals surface area contributed by atoms with Crippen LogP contribution in [0.1, 0.15) is 30.4 Å². The van der Waals surface area contributed by atoms with Crippen molar-refractivity contribution in [1.29, 1.82) is 0 Å². The molecule has 1 aromatic rings.